The summed E-state index contributed by atoms with van der Waals surface area (Å²) in [5.41, 5.74) is 3.12. The van der Waals surface area contributed by atoms with E-state index in [-0.39, 0.29) is 16.9 Å². The topological polar surface area (TPSA) is 47.9 Å². The van der Waals surface area contributed by atoms with Crippen LogP contribution < -0.4 is 0 Å². The van der Waals surface area contributed by atoms with Crippen LogP contribution in [0.5, 0.6) is 0 Å². The Morgan fingerprint density at radius 2 is 1.69 bits per heavy atom. The summed E-state index contributed by atoms with van der Waals surface area (Å²) < 4.78 is 18.9. The molecule has 4 saturated carbocycles. The summed E-state index contributed by atoms with van der Waals surface area (Å²) in [7, 11) is 0. The highest BCUT2D eigenvalue weighted by Gasteiger charge is 2.69. The summed E-state index contributed by atoms with van der Waals surface area (Å²) >= 11 is 0. The molecule has 194 valence electrons. The lowest BCUT2D eigenvalue weighted by molar-refractivity contribution is -0.259. The van der Waals surface area contributed by atoms with Crippen LogP contribution in [0.4, 0.5) is 0 Å². The van der Waals surface area contributed by atoms with Crippen LogP contribution in [0, 0.1) is 29.1 Å². The lowest BCUT2D eigenvalue weighted by Crippen LogP contribution is -2.62. The number of benzene rings is 1. The molecule has 8 unspecified atom stereocenters. The maximum absolute atomic E-state index is 12.2. The van der Waals surface area contributed by atoms with E-state index in [0.717, 1.165) is 57.1 Å². The molecule has 36 heavy (non-hydrogen) atoms. The predicted molar refractivity (Wildman–Crippen MR) is 140 cm³/mol. The summed E-state index contributed by atoms with van der Waals surface area (Å²) in [4.78, 5) is 0. The van der Waals surface area contributed by atoms with E-state index in [0.29, 0.717) is 43.3 Å². The van der Waals surface area contributed by atoms with Gasteiger partial charge < -0.3 is 19.3 Å². The fourth-order valence-electron chi connectivity index (χ4n) is 10.4. The third kappa shape index (κ3) is 3.08. The SMILES string of the molecule is C=Cc1ccc(C2CC3(C)C(CCC34OCCC4=C)C3CCC4(O)CC5(CCC4C23)OCCO5)cc1. The third-order valence-electron chi connectivity index (χ3n) is 11.9. The number of ether oxygens (including phenoxy) is 3. The molecule has 8 atom stereocenters. The van der Waals surface area contributed by atoms with Gasteiger partial charge in [0.15, 0.2) is 5.79 Å². The minimum Gasteiger partial charge on any atom is -0.389 e. The van der Waals surface area contributed by atoms with Crippen molar-refractivity contribution in [1.29, 1.82) is 0 Å². The predicted octanol–water partition coefficient (Wildman–Crippen LogP) is 6.25. The van der Waals surface area contributed by atoms with Gasteiger partial charge in [-0.1, -0.05) is 50.4 Å². The quantitative estimate of drug-likeness (QED) is 0.498. The van der Waals surface area contributed by atoms with Crippen LogP contribution in [0.15, 0.2) is 43.0 Å². The van der Waals surface area contributed by atoms with Crippen LogP contribution in [0.3, 0.4) is 0 Å². The van der Waals surface area contributed by atoms with Crippen molar-refractivity contribution in [3.63, 3.8) is 0 Å². The zero-order valence-electron chi connectivity index (χ0n) is 21.8. The molecule has 0 amide bonds. The Balaban J connectivity index is 1.31. The summed E-state index contributed by atoms with van der Waals surface area (Å²) in [6.07, 6.45) is 10.8. The minimum absolute atomic E-state index is 0.0898. The monoisotopic (exact) mass is 490 g/mol. The van der Waals surface area contributed by atoms with Gasteiger partial charge in [-0.2, -0.15) is 0 Å². The first-order valence-corrected chi connectivity index (χ1v) is 14.4. The van der Waals surface area contributed by atoms with Crippen LogP contribution in [-0.4, -0.2) is 41.9 Å². The fraction of sp³-hybridized carbons (Fsp3) is 0.688. The van der Waals surface area contributed by atoms with Crippen LogP contribution in [0.2, 0.25) is 0 Å². The van der Waals surface area contributed by atoms with Crippen molar-refractivity contribution in [2.75, 3.05) is 19.8 Å². The maximum atomic E-state index is 12.2. The molecule has 0 radical (unpaired) electrons. The van der Waals surface area contributed by atoms with E-state index in [2.05, 4.69) is 44.3 Å². The first-order valence-electron chi connectivity index (χ1n) is 14.4. The highest BCUT2D eigenvalue weighted by Crippen LogP contribution is 2.72. The minimum atomic E-state index is -0.708. The summed E-state index contributed by atoms with van der Waals surface area (Å²) in [6.45, 7) is 13.2. The van der Waals surface area contributed by atoms with Gasteiger partial charge in [-0.05, 0) is 91.2 Å². The zero-order valence-corrected chi connectivity index (χ0v) is 21.8. The average Bonchev–Trinajstić information content (AvgIpc) is 3.57. The molecule has 0 bridgehead atoms. The Labute approximate surface area is 216 Å². The van der Waals surface area contributed by atoms with Gasteiger partial charge in [-0.15, -0.1) is 0 Å². The van der Waals surface area contributed by atoms with Crippen LogP contribution in [0.1, 0.15) is 81.8 Å². The molecule has 4 heteroatoms. The van der Waals surface area contributed by atoms with E-state index in [1.54, 1.807) is 0 Å². The number of aliphatic hydroxyl groups is 1. The van der Waals surface area contributed by atoms with Crippen LogP contribution >= 0.6 is 0 Å². The van der Waals surface area contributed by atoms with Crippen molar-refractivity contribution in [3.05, 3.63) is 54.1 Å². The van der Waals surface area contributed by atoms with Crippen molar-refractivity contribution >= 4 is 6.08 Å². The van der Waals surface area contributed by atoms with E-state index in [4.69, 9.17) is 14.2 Å². The van der Waals surface area contributed by atoms with Crippen molar-refractivity contribution in [2.24, 2.45) is 29.1 Å². The largest absolute Gasteiger partial charge is 0.389 e. The molecule has 6 fully saturated rings. The molecule has 1 N–H and O–H groups in total. The Kier molecular flexibility index (Phi) is 5.27. The molecule has 1 aromatic rings. The molecule has 1 aromatic carbocycles. The molecule has 4 nitrogen and oxygen atoms in total. The lowest BCUT2D eigenvalue weighted by atomic mass is 9.44. The van der Waals surface area contributed by atoms with Gasteiger partial charge >= 0.3 is 0 Å². The second kappa shape index (κ2) is 8.02. The number of hydrogen-bond acceptors (Lipinski definition) is 4. The molecule has 4 aliphatic carbocycles. The molecule has 2 aliphatic heterocycles. The number of hydrogen-bond donors (Lipinski definition) is 1. The first kappa shape index (κ1) is 23.6. The molecule has 2 heterocycles. The number of rotatable bonds is 2. The lowest BCUT2D eigenvalue weighted by Gasteiger charge is -2.63. The molecule has 2 spiro atoms. The molecular weight excluding hydrogens is 448 g/mol. The van der Waals surface area contributed by atoms with Gasteiger partial charge in [0, 0.05) is 18.3 Å². The Morgan fingerprint density at radius 3 is 2.39 bits per heavy atom. The standard InChI is InChI=1S/C32H42O4/c1-4-22-5-7-23(8-6-22)25-19-29(3)26(11-15-32(29)21(2)12-16-36-32)24-9-13-30(33)20-31(34-17-18-35-31)14-10-27(30)28(24)25/h4-8,24-28,33H,1-2,9-20H2,3H3. The Bertz CT molecular complexity index is 1060. The molecular formula is C32H42O4. The Morgan fingerprint density at radius 1 is 0.944 bits per heavy atom. The highest BCUT2D eigenvalue weighted by molar-refractivity contribution is 5.48. The normalized spacial score (nSPS) is 47.1. The van der Waals surface area contributed by atoms with Crippen LogP contribution in [0.25, 0.3) is 6.08 Å². The van der Waals surface area contributed by atoms with Gasteiger partial charge in [-0.25, -0.2) is 0 Å². The molecule has 0 aromatic heterocycles. The van der Waals surface area contributed by atoms with E-state index in [1.165, 1.54) is 17.6 Å². The summed E-state index contributed by atoms with van der Waals surface area (Å²) in [5.74, 6) is 1.83. The van der Waals surface area contributed by atoms with E-state index < -0.39 is 11.4 Å². The Hall–Kier alpha value is -1.46. The molecule has 2 saturated heterocycles. The molecule has 7 rings (SSSR count). The van der Waals surface area contributed by atoms with Crippen molar-refractivity contribution in [3.8, 4) is 0 Å². The van der Waals surface area contributed by atoms with Crippen molar-refractivity contribution in [1.82, 2.24) is 0 Å². The third-order valence-corrected chi connectivity index (χ3v) is 11.9. The smallest absolute Gasteiger partial charge is 0.171 e. The fourth-order valence-corrected chi connectivity index (χ4v) is 10.4. The summed E-state index contributed by atoms with van der Waals surface area (Å²) in [5, 5.41) is 12.2. The first-order chi connectivity index (χ1) is 17.3. The van der Waals surface area contributed by atoms with Gasteiger partial charge in [0.1, 0.15) is 0 Å². The van der Waals surface area contributed by atoms with E-state index in [9.17, 15) is 5.11 Å². The van der Waals surface area contributed by atoms with Crippen LogP contribution in [-0.2, 0) is 14.2 Å². The highest BCUT2D eigenvalue weighted by atomic mass is 16.7. The van der Waals surface area contributed by atoms with Gasteiger partial charge in [-0.3, -0.25) is 0 Å². The second-order valence-electron chi connectivity index (χ2n) is 13.1. The summed E-state index contributed by atoms with van der Waals surface area (Å²) in [6, 6.07) is 9.09. The number of fused-ring (bicyclic) bond motifs is 6. The molecule has 6 aliphatic rings. The average molecular weight is 491 g/mol. The van der Waals surface area contributed by atoms with Crippen molar-refractivity contribution < 1.29 is 19.3 Å². The van der Waals surface area contributed by atoms with E-state index in [1.807, 2.05) is 6.08 Å². The van der Waals surface area contributed by atoms with Gasteiger partial charge in [0.2, 0.25) is 0 Å². The maximum Gasteiger partial charge on any atom is 0.171 e. The van der Waals surface area contributed by atoms with E-state index >= 15 is 0 Å². The second-order valence-corrected chi connectivity index (χ2v) is 13.1. The van der Waals surface area contributed by atoms with Gasteiger partial charge in [0.25, 0.3) is 0 Å². The van der Waals surface area contributed by atoms with Crippen molar-refractivity contribution in [2.45, 2.75) is 87.6 Å². The van der Waals surface area contributed by atoms with Gasteiger partial charge in [0.05, 0.1) is 31.0 Å². The zero-order chi connectivity index (χ0) is 24.8.